The first-order valence-electron chi connectivity index (χ1n) is 13.0. The van der Waals surface area contributed by atoms with E-state index in [0.29, 0.717) is 33.5 Å². The Kier molecular flexibility index (Phi) is 8.82. The Bertz CT molecular complexity index is 1810. The van der Waals surface area contributed by atoms with Crippen LogP contribution in [0, 0.1) is 6.92 Å². The minimum Gasteiger partial charge on any atom is -0.493 e. The number of anilines is 1. The lowest BCUT2D eigenvalue weighted by Gasteiger charge is -2.20. The number of carbonyl (C=O) groups is 1. The molecule has 1 aliphatic heterocycles. The molecule has 0 saturated heterocycles. The van der Waals surface area contributed by atoms with E-state index in [-0.39, 0.29) is 48.8 Å². The predicted octanol–water partition coefficient (Wildman–Crippen LogP) is 5.20. The van der Waals surface area contributed by atoms with Gasteiger partial charge in [0, 0.05) is 47.3 Å². The van der Waals surface area contributed by atoms with Crippen LogP contribution in [0.25, 0.3) is 21.7 Å². The standard InChI is InChI=1S/C27H30ClN3O10P2/c1-15-25-16(11-23(37-2)26(15)38-3)10-20(30-25)27(32)31-14-17(13-28)24-19-7-5-4-6-18(19)22(12-21(24)31)40-43(35,36)41-42(33,34)39-9-8-29/h4-7,10-12,17,30H,8-9,13-14,29H2,1-3H3,(H,33,34)(H,35,36)/t17-/m1/s1. The van der Waals surface area contributed by atoms with Crippen LogP contribution in [0.15, 0.2) is 42.5 Å². The van der Waals surface area contributed by atoms with Gasteiger partial charge in [-0.2, -0.15) is 4.31 Å². The summed E-state index contributed by atoms with van der Waals surface area (Å²) in [6.45, 7) is 1.56. The molecule has 1 aromatic heterocycles. The third kappa shape index (κ3) is 6.00. The topological polar surface area (TPSA) is 183 Å². The van der Waals surface area contributed by atoms with E-state index in [4.69, 9.17) is 31.3 Å². The number of nitrogens with one attached hydrogen (secondary N) is 1. The quantitative estimate of drug-likeness (QED) is 0.123. The number of benzene rings is 3. The zero-order valence-electron chi connectivity index (χ0n) is 23.4. The van der Waals surface area contributed by atoms with Crippen molar-refractivity contribution in [2.24, 2.45) is 5.73 Å². The second-order valence-corrected chi connectivity index (χ2v) is 13.0. The number of aromatic amines is 1. The Balaban J connectivity index is 1.58. The van der Waals surface area contributed by atoms with Gasteiger partial charge in [-0.3, -0.25) is 14.2 Å². The summed E-state index contributed by atoms with van der Waals surface area (Å²) >= 11 is 6.37. The van der Waals surface area contributed by atoms with Gasteiger partial charge in [-0.05, 0) is 30.0 Å². The lowest BCUT2D eigenvalue weighted by atomic mass is 9.95. The highest BCUT2D eigenvalue weighted by Gasteiger charge is 2.39. The SMILES string of the molecule is COc1cc2cc(C(=O)N3C[C@@H](CCl)c4c3cc(OP(=O)(O)OP(=O)(O)OCCN)c3ccccc43)[nH]c2c(C)c1OC. The Morgan fingerprint density at radius 3 is 2.47 bits per heavy atom. The van der Waals surface area contributed by atoms with Crippen LogP contribution < -0.4 is 24.6 Å². The van der Waals surface area contributed by atoms with Gasteiger partial charge in [-0.1, -0.05) is 24.3 Å². The fourth-order valence-corrected chi connectivity index (χ4v) is 7.69. The first-order valence-corrected chi connectivity index (χ1v) is 16.5. The van der Waals surface area contributed by atoms with E-state index in [0.717, 1.165) is 16.5 Å². The fraction of sp³-hybridized carbons (Fsp3) is 0.296. The summed E-state index contributed by atoms with van der Waals surface area (Å²) in [6.07, 6.45) is 0. The van der Waals surface area contributed by atoms with Crippen LogP contribution in [0.4, 0.5) is 5.69 Å². The van der Waals surface area contributed by atoms with Crippen molar-refractivity contribution in [3.05, 3.63) is 59.3 Å². The number of hydrogen-bond acceptors (Lipinski definition) is 9. The molecule has 13 nitrogen and oxygen atoms in total. The number of amides is 1. The van der Waals surface area contributed by atoms with Gasteiger partial charge in [0.15, 0.2) is 11.5 Å². The molecule has 0 bridgehead atoms. The minimum atomic E-state index is -5.21. The summed E-state index contributed by atoms with van der Waals surface area (Å²) in [5, 5.41) is 1.75. The van der Waals surface area contributed by atoms with Gasteiger partial charge in [0.1, 0.15) is 11.4 Å². The molecule has 2 unspecified atom stereocenters. The van der Waals surface area contributed by atoms with Gasteiger partial charge in [0.2, 0.25) is 0 Å². The molecular formula is C27H30ClN3O10P2. The molecule has 230 valence electrons. The van der Waals surface area contributed by atoms with E-state index in [1.807, 2.05) is 6.92 Å². The van der Waals surface area contributed by atoms with Crippen LogP contribution in [0.3, 0.4) is 0 Å². The van der Waals surface area contributed by atoms with Crippen molar-refractivity contribution in [3.8, 4) is 17.2 Å². The van der Waals surface area contributed by atoms with Gasteiger partial charge in [-0.15, -0.1) is 11.6 Å². The van der Waals surface area contributed by atoms with Crippen molar-refractivity contribution in [2.45, 2.75) is 12.8 Å². The molecule has 4 aromatic rings. The molecule has 1 amide bonds. The van der Waals surface area contributed by atoms with E-state index in [9.17, 15) is 23.7 Å². The first kappa shape index (κ1) is 31.3. The zero-order chi connectivity index (χ0) is 31.1. The molecule has 1 aliphatic rings. The molecule has 0 radical (unpaired) electrons. The number of hydrogen-bond donors (Lipinski definition) is 4. The molecule has 3 atom stereocenters. The van der Waals surface area contributed by atoms with Crippen molar-refractivity contribution in [1.29, 1.82) is 0 Å². The third-order valence-electron chi connectivity index (χ3n) is 7.08. The number of H-pyrrole nitrogens is 1. The summed E-state index contributed by atoms with van der Waals surface area (Å²) in [5.41, 5.74) is 8.13. The molecule has 0 saturated carbocycles. The highest BCUT2D eigenvalue weighted by Crippen LogP contribution is 2.61. The van der Waals surface area contributed by atoms with Crippen molar-refractivity contribution in [2.75, 3.05) is 44.7 Å². The van der Waals surface area contributed by atoms with Gasteiger partial charge in [-0.25, -0.2) is 9.13 Å². The van der Waals surface area contributed by atoms with Gasteiger partial charge < -0.3 is 34.5 Å². The summed E-state index contributed by atoms with van der Waals surface area (Å²) in [6, 6.07) is 11.8. The van der Waals surface area contributed by atoms with Crippen LogP contribution in [-0.4, -0.2) is 60.5 Å². The van der Waals surface area contributed by atoms with E-state index < -0.39 is 15.6 Å². The Hall–Kier alpha value is -3.12. The normalized spacial score (nSPS) is 17.5. The summed E-state index contributed by atoms with van der Waals surface area (Å²) in [4.78, 5) is 38.9. The first-order chi connectivity index (χ1) is 20.4. The number of ether oxygens (including phenoxy) is 2. The Morgan fingerprint density at radius 2 is 1.81 bits per heavy atom. The van der Waals surface area contributed by atoms with E-state index in [2.05, 4.69) is 13.8 Å². The minimum absolute atomic E-state index is 0.122. The number of halogens is 1. The zero-order valence-corrected chi connectivity index (χ0v) is 25.9. The molecule has 5 N–H and O–H groups in total. The molecule has 0 spiro atoms. The number of aromatic nitrogens is 1. The Morgan fingerprint density at radius 1 is 1.09 bits per heavy atom. The molecule has 5 rings (SSSR count). The molecular weight excluding hydrogens is 624 g/mol. The summed E-state index contributed by atoms with van der Waals surface area (Å²) in [5.74, 6) is 0.425. The van der Waals surface area contributed by atoms with Crippen LogP contribution in [0.2, 0.25) is 0 Å². The van der Waals surface area contributed by atoms with Crippen LogP contribution in [-0.2, 0) is 18.0 Å². The number of carbonyl (C=O) groups excluding carboxylic acids is 1. The number of rotatable bonds is 11. The summed E-state index contributed by atoms with van der Waals surface area (Å²) < 4.78 is 50.3. The maximum atomic E-state index is 14.0. The molecule has 0 aliphatic carbocycles. The monoisotopic (exact) mass is 653 g/mol. The highest BCUT2D eigenvalue weighted by molar-refractivity contribution is 7.61. The lowest BCUT2D eigenvalue weighted by Crippen LogP contribution is -2.30. The number of phosphoric acid groups is 2. The molecule has 2 heterocycles. The van der Waals surface area contributed by atoms with Crippen molar-refractivity contribution < 1.29 is 46.5 Å². The molecule has 16 heteroatoms. The maximum Gasteiger partial charge on any atom is 0.536 e. The van der Waals surface area contributed by atoms with Crippen LogP contribution >= 0.6 is 27.2 Å². The smallest absolute Gasteiger partial charge is 0.493 e. The van der Waals surface area contributed by atoms with Crippen LogP contribution in [0.5, 0.6) is 17.2 Å². The van der Waals surface area contributed by atoms with Gasteiger partial charge >= 0.3 is 15.6 Å². The molecule has 3 aromatic carbocycles. The van der Waals surface area contributed by atoms with Crippen molar-refractivity contribution in [3.63, 3.8) is 0 Å². The number of methoxy groups -OCH3 is 2. The fourth-order valence-electron chi connectivity index (χ4n) is 5.34. The van der Waals surface area contributed by atoms with E-state index in [1.54, 1.807) is 36.4 Å². The lowest BCUT2D eigenvalue weighted by molar-refractivity contribution is 0.0984. The highest BCUT2D eigenvalue weighted by atomic mass is 35.5. The number of fused-ring (bicyclic) bond motifs is 4. The van der Waals surface area contributed by atoms with Gasteiger partial charge in [0.05, 0.1) is 32.0 Å². The molecule has 43 heavy (non-hydrogen) atoms. The van der Waals surface area contributed by atoms with E-state index >= 15 is 0 Å². The molecule has 0 fully saturated rings. The average molecular weight is 654 g/mol. The number of phosphoric ester groups is 2. The number of nitrogens with two attached hydrogens (primary N) is 1. The predicted molar refractivity (Wildman–Crippen MR) is 162 cm³/mol. The Labute approximate surface area is 251 Å². The third-order valence-corrected chi connectivity index (χ3v) is 10.0. The average Bonchev–Trinajstić information content (AvgIpc) is 3.57. The van der Waals surface area contributed by atoms with Crippen molar-refractivity contribution >= 4 is 60.5 Å². The largest absolute Gasteiger partial charge is 0.536 e. The van der Waals surface area contributed by atoms with E-state index in [1.165, 1.54) is 25.2 Å². The summed E-state index contributed by atoms with van der Waals surface area (Å²) in [7, 11) is -7.12. The number of nitrogens with zero attached hydrogens (tertiary/aromatic N) is 1. The number of aryl methyl sites for hydroxylation is 1. The number of alkyl halides is 1. The van der Waals surface area contributed by atoms with Crippen LogP contribution in [0.1, 0.15) is 27.5 Å². The maximum absolute atomic E-state index is 14.0. The van der Waals surface area contributed by atoms with Gasteiger partial charge in [0.25, 0.3) is 5.91 Å². The second kappa shape index (κ2) is 12.1. The van der Waals surface area contributed by atoms with Crippen molar-refractivity contribution in [1.82, 2.24) is 4.98 Å². The second-order valence-electron chi connectivity index (χ2n) is 9.74.